The lowest BCUT2D eigenvalue weighted by Gasteiger charge is -2.13. The first-order chi connectivity index (χ1) is 15.7. The monoisotopic (exact) mass is 446 g/mol. The highest BCUT2D eigenvalue weighted by atomic mass is 32.1. The van der Waals surface area contributed by atoms with Gasteiger partial charge in [0, 0.05) is 17.0 Å². The topological polar surface area (TPSA) is 54.2 Å². The van der Waals surface area contributed by atoms with E-state index in [9.17, 15) is 0 Å². The van der Waals surface area contributed by atoms with E-state index in [2.05, 4.69) is 22.1 Å². The van der Waals surface area contributed by atoms with Crippen LogP contribution in [0, 0.1) is 0 Å². The molecule has 0 spiro atoms. The van der Waals surface area contributed by atoms with Crippen LogP contribution in [-0.2, 0) is 6.54 Å². The van der Waals surface area contributed by atoms with Crippen molar-refractivity contribution in [3.8, 4) is 34.3 Å². The van der Waals surface area contributed by atoms with Crippen LogP contribution in [0.15, 0.2) is 77.1 Å². The summed E-state index contributed by atoms with van der Waals surface area (Å²) in [5.74, 6) is 3.13. The Morgan fingerprint density at radius 2 is 1.81 bits per heavy atom. The van der Waals surface area contributed by atoms with E-state index in [4.69, 9.17) is 23.9 Å². The molecule has 0 saturated carbocycles. The molecular formula is C25H22N2O4S. The Kier molecular flexibility index (Phi) is 5.56. The number of fused-ring (bicyclic) bond motifs is 1. The van der Waals surface area contributed by atoms with Crippen LogP contribution in [0.2, 0.25) is 0 Å². The molecule has 0 unspecified atom stereocenters. The second-order valence-corrected chi connectivity index (χ2v) is 8.03. The lowest BCUT2D eigenvalue weighted by atomic mass is 10.1. The molecule has 1 aliphatic heterocycles. The van der Waals surface area contributed by atoms with Crippen LogP contribution in [0.3, 0.4) is 0 Å². The summed E-state index contributed by atoms with van der Waals surface area (Å²) in [6, 6.07) is 21.8. The summed E-state index contributed by atoms with van der Waals surface area (Å²) in [7, 11) is 3.35. The van der Waals surface area contributed by atoms with Crippen LogP contribution in [-0.4, -0.2) is 25.6 Å². The predicted molar refractivity (Wildman–Crippen MR) is 124 cm³/mol. The van der Waals surface area contributed by atoms with Crippen molar-refractivity contribution in [3.05, 3.63) is 82.5 Å². The van der Waals surface area contributed by atoms with E-state index in [-0.39, 0.29) is 6.79 Å². The quantitative estimate of drug-likeness (QED) is 0.406. The first kappa shape index (κ1) is 20.2. The molecule has 0 aliphatic carbocycles. The molecular weight excluding hydrogens is 424 g/mol. The average molecular weight is 447 g/mol. The number of methoxy groups -OCH3 is 2. The highest BCUT2D eigenvalue weighted by Crippen LogP contribution is 2.34. The van der Waals surface area contributed by atoms with Crippen molar-refractivity contribution in [1.29, 1.82) is 0 Å². The van der Waals surface area contributed by atoms with Crippen molar-refractivity contribution in [3.63, 3.8) is 0 Å². The third-order valence-electron chi connectivity index (χ3n) is 5.24. The van der Waals surface area contributed by atoms with Gasteiger partial charge in [0.25, 0.3) is 0 Å². The highest BCUT2D eigenvalue weighted by Gasteiger charge is 2.16. The van der Waals surface area contributed by atoms with Gasteiger partial charge in [0.15, 0.2) is 16.3 Å². The first-order valence-electron chi connectivity index (χ1n) is 10.1. The molecule has 162 valence electrons. The maximum atomic E-state index is 5.63. The molecule has 0 radical (unpaired) electrons. The average Bonchev–Trinajstić information content (AvgIpc) is 3.46. The van der Waals surface area contributed by atoms with Gasteiger partial charge in [0.2, 0.25) is 6.79 Å². The van der Waals surface area contributed by atoms with Crippen molar-refractivity contribution in [2.24, 2.45) is 4.99 Å². The molecule has 0 fully saturated rings. The molecule has 6 nitrogen and oxygen atoms in total. The van der Waals surface area contributed by atoms with Crippen molar-refractivity contribution in [1.82, 2.24) is 4.57 Å². The smallest absolute Gasteiger partial charge is 0.231 e. The standard InChI is InChI=1S/C25H22N2O4S/c1-28-19-7-5-6-18(13-19)26-25-27(14-17-10-11-23-24(12-17)31-16-30-23)21(15-32-25)20-8-3-4-9-22(20)29-2/h3-13,15H,14,16H2,1-2H3. The van der Waals surface area contributed by atoms with Gasteiger partial charge < -0.3 is 23.5 Å². The minimum Gasteiger partial charge on any atom is -0.497 e. The fraction of sp³-hybridized carbons (Fsp3) is 0.160. The number of thiazole rings is 1. The van der Waals surface area contributed by atoms with Crippen molar-refractivity contribution in [2.75, 3.05) is 21.0 Å². The summed E-state index contributed by atoms with van der Waals surface area (Å²) in [5, 5.41) is 2.11. The summed E-state index contributed by atoms with van der Waals surface area (Å²) >= 11 is 1.59. The number of nitrogens with zero attached hydrogens (tertiary/aromatic N) is 2. The van der Waals surface area contributed by atoms with Gasteiger partial charge in [0.05, 0.1) is 32.1 Å². The Morgan fingerprint density at radius 1 is 0.938 bits per heavy atom. The largest absolute Gasteiger partial charge is 0.497 e. The highest BCUT2D eigenvalue weighted by molar-refractivity contribution is 7.07. The van der Waals surface area contributed by atoms with E-state index in [1.807, 2.05) is 54.6 Å². The number of aromatic nitrogens is 1. The van der Waals surface area contributed by atoms with Gasteiger partial charge in [-0.05, 0) is 42.0 Å². The molecule has 0 atom stereocenters. The van der Waals surface area contributed by atoms with Gasteiger partial charge in [-0.2, -0.15) is 0 Å². The van der Waals surface area contributed by atoms with Crippen molar-refractivity contribution < 1.29 is 18.9 Å². The number of rotatable bonds is 6. The lowest BCUT2D eigenvalue weighted by Crippen LogP contribution is -2.17. The minimum absolute atomic E-state index is 0.257. The fourth-order valence-corrected chi connectivity index (χ4v) is 4.58. The van der Waals surface area contributed by atoms with Crippen LogP contribution < -0.4 is 23.7 Å². The van der Waals surface area contributed by atoms with Gasteiger partial charge in [-0.3, -0.25) is 0 Å². The second-order valence-electron chi connectivity index (χ2n) is 7.19. The molecule has 2 heterocycles. The summed E-state index contributed by atoms with van der Waals surface area (Å²) in [6.07, 6.45) is 0. The molecule has 0 N–H and O–H groups in total. The fourth-order valence-electron chi connectivity index (χ4n) is 3.66. The third-order valence-corrected chi connectivity index (χ3v) is 6.10. The Morgan fingerprint density at radius 3 is 2.69 bits per heavy atom. The third kappa shape index (κ3) is 3.94. The number of hydrogen-bond acceptors (Lipinski definition) is 6. The zero-order valence-electron chi connectivity index (χ0n) is 17.8. The Hall–Kier alpha value is -3.71. The van der Waals surface area contributed by atoms with E-state index in [1.165, 1.54) is 0 Å². The summed E-state index contributed by atoms with van der Waals surface area (Å²) in [5.41, 5.74) is 3.97. The van der Waals surface area contributed by atoms with E-state index >= 15 is 0 Å². The molecule has 32 heavy (non-hydrogen) atoms. The maximum Gasteiger partial charge on any atom is 0.231 e. The molecule has 0 saturated heterocycles. The molecule has 3 aromatic carbocycles. The molecule has 1 aliphatic rings. The van der Waals surface area contributed by atoms with Gasteiger partial charge in [-0.25, -0.2) is 4.99 Å². The van der Waals surface area contributed by atoms with Gasteiger partial charge in [-0.15, -0.1) is 11.3 Å². The molecule has 4 aromatic rings. The summed E-state index contributed by atoms with van der Waals surface area (Å²) in [4.78, 5) is 5.80. The van der Waals surface area contributed by atoms with Crippen LogP contribution in [0.1, 0.15) is 5.56 Å². The zero-order valence-corrected chi connectivity index (χ0v) is 18.6. The Bertz CT molecular complexity index is 1330. The van der Waals surface area contributed by atoms with E-state index in [0.717, 1.165) is 50.3 Å². The molecule has 0 amide bonds. The van der Waals surface area contributed by atoms with Crippen LogP contribution >= 0.6 is 11.3 Å². The van der Waals surface area contributed by atoms with Crippen molar-refractivity contribution in [2.45, 2.75) is 6.54 Å². The van der Waals surface area contributed by atoms with E-state index in [0.29, 0.717) is 6.54 Å². The molecule has 5 rings (SSSR count). The number of ether oxygens (including phenoxy) is 4. The van der Waals surface area contributed by atoms with Crippen molar-refractivity contribution >= 4 is 17.0 Å². The summed E-state index contributed by atoms with van der Waals surface area (Å²) < 4.78 is 24.2. The number of benzene rings is 3. The number of hydrogen-bond donors (Lipinski definition) is 0. The Balaban J connectivity index is 1.64. The van der Waals surface area contributed by atoms with Gasteiger partial charge >= 0.3 is 0 Å². The first-order valence-corrected chi connectivity index (χ1v) is 11.0. The maximum absolute atomic E-state index is 5.63. The minimum atomic E-state index is 0.257. The lowest BCUT2D eigenvalue weighted by molar-refractivity contribution is 0.174. The van der Waals surface area contributed by atoms with Crippen LogP contribution in [0.5, 0.6) is 23.0 Å². The normalized spacial score (nSPS) is 12.8. The van der Waals surface area contributed by atoms with Gasteiger partial charge in [-0.1, -0.05) is 24.3 Å². The molecule has 1 aromatic heterocycles. The van der Waals surface area contributed by atoms with E-state index in [1.54, 1.807) is 25.6 Å². The Labute approximate surface area is 189 Å². The second kappa shape index (κ2) is 8.80. The van der Waals surface area contributed by atoms with E-state index < -0.39 is 0 Å². The molecule has 7 heteroatoms. The van der Waals surface area contributed by atoms with Crippen LogP contribution in [0.25, 0.3) is 11.3 Å². The summed E-state index contributed by atoms with van der Waals surface area (Å²) in [6.45, 7) is 0.879. The van der Waals surface area contributed by atoms with Crippen LogP contribution in [0.4, 0.5) is 5.69 Å². The van der Waals surface area contributed by atoms with Gasteiger partial charge in [0.1, 0.15) is 11.5 Å². The zero-order chi connectivity index (χ0) is 21.9. The molecule has 0 bridgehead atoms. The number of para-hydroxylation sites is 1. The predicted octanol–water partition coefficient (Wildman–Crippen LogP) is 5.24. The SMILES string of the molecule is COc1cccc(N=c2scc(-c3ccccc3OC)n2Cc2ccc3c(c2)OCO3)c1.